The summed E-state index contributed by atoms with van der Waals surface area (Å²) in [6, 6.07) is 0. The van der Waals surface area contributed by atoms with Gasteiger partial charge in [0.1, 0.15) is 12.7 Å². The summed E-state index contributed by atoms with van der Waals surface area (Å²) in [5.74, 6) is -0.0357. The largest absolute Gasteiger partial charge is 0.358 e. The predicted molar refractivity (Wildman–Crippen MR) is 35.1 cm³/mol. The molecule has 0 aliphatic rings. The molecule has 0 aliphatic carbocycles. The van der Waals surface area contributed by atoms with Gasteiger partial charge in [0.05, 0.1) is 6.33 Å². The maximum atomic E-state index is 10.7. The van der Waals surface area contributed by atoms with Gasteiger partial charge in [-0.25, -0.2) is 4.98 Å². The predicted octanol–water partition coefficient (Wildman–Crippen LogP) is -0.571. The molecule has 1 aromatic heterocycles. The van der Waals surface area contributed by atoms with Crippen LogP contribution < -0.4 is 5.32 Å². The number of nitrogens with zero attached hydrogens (tertiary/aromatic N) is 2. The van der Waals surface area contributed by atoms with Gasteiger partial charge in [-0.2, -0.15) is 0 Å². The normalized spacial score (nSPS) is 9.30. The van der Waals surface area contributed by atoms with E-state index in [0.717, 1.165) is 0 Å². The Bertz CT molecular complexity index is 205. The van der Waals surface area contributed by atoms with E-state index in [9.17, 15) is 4.79 Å². The topological polar surface area (TPSA) is 46.9 Å². The standard InChI is InChI=1S/C6H8N3O/c1-7-6(10)4-9-3-2-8-5-9/h3,5H,4H2,1H3,(H,7,10). The Kier molecular flexibility index (Phi) is 2.04. The minimum Gasteiger partial charge on any atom is -0.358 e. The van der Waals surface area contributed by atoms with Crippen molar-refractivity contribution in [3.8, 4) is 0 Å². The molecule has 0 aliphatic heterocycles. The summed E-state index contributed by atoms with van der Waals surface area (Å²) in [6.07, 6.45) is 5.76. The summed E-state index contributed by atoms with van der Waals surface area (Å²) in [7, 11) is 1.60. The van der Waals surface area contributed by atoms with Crippen molar-refractivity contribution in [3.63, 3.8) is 0 Å². The molecule has 1 radical (unpaired) electrons. The number of likely N-dealkylation sites (N-methyl/N-ethyl adjacent to an activating group) is 1. The van der Waals surface area contributed by atoms with E-state index in [4.69, 9.17) is 0 Å². The van der Waals surface area contributed by atoms with Crippen molar-refractivity contribution in [3.05, 3.63) is 18.7 Å². The molecule has 0 bridgehead atoms. The zero-order chi connectivity index (χ0) is 7.40. The number of hydrogen-bond acceptors (Lipinski definition) is 2. The van der Waals surface area contributed by atoms with Crippen molar-refractivity contribution in [2.75, 3.05) is 7.05 Å². The molecule has 10 heavy (non-hydrogen) atoms. The molecule has 0 atom stereocenters. The van der Waals surface area contributed by atoms with E-state index in [-0.39, 0.29) is 5.91 Å². The zero-order valence-electron chi connectivity index (χ0n) is 5.66. The second-order valence-corrected chi connectivity index (χ2v) is 1.85. The van der Waals surface area contributed by atoms with E-state index in [1.54, 1.807) is 24.1 Å². The molecule has 0 fully saturated rings. The highest BCUT2D eigenvalue weighted by Crippen LogP contribution is 1.82. The number of hydrogen-bond donors (Lipinski definition) is 1. The molecule has 1 amide bonds. The average molecular weight is 138 g/mol. The zero-order valence-corrected chi connectivity index (χ0v) is 5.66. The summed E-state index contributed by atoms with van der Waals surface area (Å²) in [6.45, 7) is 0.312. The Morgan fingerprint density at radius 1 is 1.90 bits per heavy atom. The number of amides is 1. The van der Waals surface area contributed by atoms with Crippen molar-refractivity contribution < 1.29 is 4.79 Å². The number of carbonyl (C=O) groups excluding carboxylic acids is 1. The quantitative estimate of drug-likeness (QED) is 0.595. The monoisotopic (exact) mass is 138 g/mol. The summed E-state index contributed by atoms with van der Waals surface area (Å²) in [5.41, 5.74) is 0. The molecule has 0 spiro atoms. The van der Waals surface area contributed by atoms with Crippen LogP contribution in [0.3, 0.4) is 0 Å². The second kappa shape index (κ2) is 3.00. The third kappa shape index (κ3) is 1.58. The van der Waals surface area contributed by atoms with Crippen LogP contribution in [0.1, 0.15) is 0 Å². The van der Waals surface area contributed by atoms with Crippen LogP contribution in [0, 0.1) is 6.20 Å². The van der Waals surface area contributed by atoms with Gasteiger partial charge in [0.2, 0.25) is 5.91 Å². The molecule has 0 unspecified atom stereocenters. The van der Waals surface area contributed by atoms with Crippen LogP contribution >= 0.6 is 0 Å². The van der Waals surface area contributed by atoms with Crippen LogP contribution in [0.4, 0.5) is 0 Å². The van der Waals surface area contributed by atoms with Gasteiger partial charge in [-0.1, -0.05) is 0 Å². The lowest BCUT2D eigenvalue weighted by atomic mass is 10.6. The van der Waals surface area contributed by atoms with Gasteiger partial charge in [-0.3, -0.25) is 4.79 Å². The average Bonchev–Trinajstić information content (AvgIpc) is 2.40. The van der Waals surface area contributed by atoms with E-state index in [1.165, 1.54) is 0 Å². The van der Waals surface area contributed by atoms with Crippen molar-refractivity contribution >= 4 is 5.91 Å². The highest BCUT2D eigenvalue weighted by Gasteiger charge is 1.96. The minimum absolute atomic E-state index is 0.0357. The van der Waals surface area contributed by atoms with E-state index in [2.05, 4.69) is 16.5 Å². The maximum Gasteiger partial charge on any atom is 0.239 e. The number of carbonyl (C=O) groups is 1. The van der Waals surface area contributed by atoms with Crippen molar-refractivity contribution in [1.82, 2.24) is 14.9 Å². The summed E-state index contributed by atoms with van der Waals surface area (Å²) < 4.78 is 1.65. The van der Waals surface area contributed by atoms with E-state index in [1.807, 2.05) is 0 Å². The Morgan fingerprint density at radius 2 is 2.70 bits per heavy atom. The smallest absolute Gasteiger partial charge is 0.239 e. The minimum atomic E-state index is -0.0357. The van der Waals surface area contributed by atoms with Crippen LogP contribution in [0.2, 0.25) is 0 Å². The highest BCUT2D eigenvalue weighted by molar-refractivity contribution is 5.75. The molecule has 0 aromatic carbocycles. The number of aromatic nitrogens is 2. The van der Waals surface area contributed by atoms with Crippen molar-refractivity contribution in [2.24, 2.45) is 0 Å². The molecule has 1 rings (SSSR count). The fourth-order valence-corrected chi connectivity index (χ4v) is 0.580. The molecule has 53 valence electrons. The van der Waals surface area contributed by atoms with Gasteiger partial charge in [-0.05, 0) is 0 Å². The Morgan fingerprint density at radius 3 is 3.20 bits per heavy atom. The molecular weight excluding hydrogens is 130 g/mol. The van der Waals surface area contributed by atoms with Crippen LogP contribution in [0.25, 0.3) is 0 Å². The van der Waals surface area contributed by atoms with Gasteiger partial charge < -0.3 is 9.88 Å². The van der Waals surface area contributed by atoms with E-state index >= 15 is 0 Å². The summed E-state index contributed by atoms with van der Waals surface area (Å²) >= 11 is 0. The van der Waals surface area contributed by atoms with Gasteiger partial charge in [0, 0.05) is 13.2 Å². The molecule has 0 saturated carbocycles. The lowest BCUT2D eigenvalue weighted by molar-refractivity contribution is -0.121. The van der Waals surface area contributed by atoms with E-state index in [0.29, 0.717) is 6.54 Å². The number of rotatable bonds is 2. The van der Waals surface area contributed by atoms with Gasteiger partial charge in [-0.15, -0.1) is 0 Å². The van der Waals surface area contributed by atoms with Crippen LogP contribution in [0.5, 0.6) is 0 Å². The molecule has 1 heterocycles. The SMILES string of the molecule is CNC(=O)Cn1c[c]nc1. The van der Waals surface area contributed by atoms with Crippen LogP contribution in [-0.2, 0) is 11.3 Å². The molecular formula is C6H8N3O. The Labute approximate surface area is 58.9 Å². The first-order valence-electron chi connectivity index (χ1n) is 2.91. The molecule has 1 N–H and O–H groups in total. The fourth-order valence-electron chi connectivity index (χ4n) is 0.580. The van der Waals surface area contributed by atoms with Crippen LogP contribution in [-0.4, -0.2) is 22.5 Å². The first-order valence-corrected chi connectivity index (χ1v) is 2.91. The van der Waals surface area contributed by atoms with Gasteiger partial charge >= 0.3 is 0 Å². The highest BCUT2D eigenvalue weighted by atomic mass is 16.1. The third-order valence-corrected chi connectivity index (χ3v) is 1.11. The first-order chi connectivity index (χ1) is 4.83. The molecule has 1 aromatic rings. The first kappa shape index (κ1) is 6.80. The maximum absolute atomic E-state index is 10.7. The molecule has 4 heteroatoms. The molecule has 4 nitrogen and oxygen atoms in total. The van der Waals surface area contributed by atoms with Crippen LogP contribution in [0.15, 0.2) is 12.5 Å². The Hall–Kier alpha value is -1.32. The van der Waals surface area contributed by atoms with Crippen molar-refractivity contribution in [1.29, 1.82) is 0 Å². The number of imidazole rings is 1. The third-order valence-electron chi connectivity index (χ3n) is 1.11. The summed E-state index contributed by atoms with van der Waals surface area (Å²) in [5, 5.41) is 2.50. The fraction of sp³-hybridized carbons (Fsp3) is 0.333. The van der Waals surface area contributed by atoms with Gasteiger partial charge in [0.25, 0.3) is 0 Å². The van der Waals surface area contributed by atoms with Crippen molar-refractivity contribution in [2.45, 2.75) is 6.54 Å². The van der Waals surface area contributed by atoms with E-state index < -0.39 is 0 Å². The lowest BCUT2D eigenvalue weighted by Crippen LogP contribution is -2.22. The van der Waals surface area contributed by atoms with Gasteiger partial charge in [0.15, 0.2) is 0 Å². The number of nitrogens with one attached hydrogen (secondary N) is 1. The Balaban J connectivity index is 2.48. The second-order valence-electron chi connectivity index (χ2n) is 1.85. The molecule has 0 saturated heterocycles. The summed E-state index contributed by atoms with van der Waals surface area (Å²) in [4.78, 5) is 14.4. The lowest BCUT2D eigenvalue weighted by Gasteiger charge is -1.98.